The Morgan fingerprint density at radius 2 is 1.97 bits per heavy atom. The van der Waals surface area contributed by atoms with Crippen LogP contribution in [0.25, 0.3) is 22.6 Å². The zero-order valence-electron chi connectivity index (χ0n) is 17.4. The summed E-state index contributed by atoms with van der Waals surface area (Å²) < 4.78 is 11.2. The van der Waals surface area contributed by atoms with Gasteiger partial charge in [-0.2, -0.15) is 0 Å². The molecule has 0 unspecified atom stereocenters. The number of benzene rings is 2. The maximum atomic E-state index is 13.2. The average molecular weight is 445 g/mol. The second-order valence-corrected chi connectivity index (χ2v) is 7.46. The van der Waals surface area contributed by atoms with Crippen molar-refractivity contribution >= 4 is 34.1 Å². The number of nitro benzene ring substituents is 1. The Kier molecular flexibility index (Phi) is 5.41. The van der Waals surface area contributed by atoms with Gasteiger partial charge in [0.05, 0.1) is 35.0 Å². The van der Waals surface area contributed by atoms with Crippen molar-refractivity contribution in [3.05, 3.63) is 76.6 Å². The number of hydrogen-bond donors (Lipinski definition) is 1. The number of nitro groups is 1. The van der Waals surface area contributed by atoms with Gasteiger partial charge >= 0.3 is 0 Å². The number of ether oxygens (including phenoxy) is 1. The van der Waals surface area contributed by atoms with E-state index in [1.54, 1.807) is 42.7 Å². The molecule has 166 valence electrons. The molecule has 0 radical (unpaired) electrons. The van der Waals surface area contributed by atoms with Crippen LogP contribution in [0.2, 0.25) is 0 Å². The van der Waals surface area contributed by atoms with Gasteiger partial charge in [-0.15, -0.1) is 0 Å². The number of amides is 1. The summed E-state index contributed by atoms with van der Waals surface area (Å²) in [6, 6.07) is 13.1. The molecule has 2 aromatic carbocycles. The van der Waals surface area contributed by atoms with E-state index >= 15 is 0 Å². The lowest BCUT2D eigenvalue weighted by atomic mass is 10.1. The minimum Gasteiger partial charge on any atom is -0.436 e. The van der Waals surface area contributed by atoms with Gasteiger partial charge in [-0.3, -0.25) is 19.9 Å². The number of carbonyl (C=O) groups is 1. The fourth-order valence-electron chi connectivity index (χ4n) is 3.72. The van der Waals surface area contributed by atoms with Crippen molar-refractivity contribution < 1.29 is 18.9 Å². The van der Waals surface area contributed by atoms with Gasteiger partial charge < -0.3 is 19.4 Å². The molecular weight excluding hydrogens is 426 g/mol. The highest BCUT2D eigenvalue weighted by Crippen LogP contribution is 2.29. The predicted octanol–water partition coefficient (Wildman–Crippen LogP) is 3.89. The van der Waals surface area contributed by atoms with Gasteiger partial charge in [0.25, 0.3) is 11.6 Å². The standard InChI is InChI=1S/C23H19N5O5/c29-22(18-13-17(28(30)31)4-5-20(18)27-8-10-32-11-9-27)25-16-3-6-21-19(12-16)26-23(33-21)15-2-1-7-24-14-15/h1-7,12-14H,8-11H2,(H,25,29). The second-order valence-electron chi connectivity index (χ2n) is 7.46. The summed E-state index contributed by atoms with van der Waals surface area (Å²) in [5, 5.41) is 14.1. The van der Waals surface area contributed by atoms with Crippen LogP contribution in [0.3, 0.4) is 0 Å². The van der Waals surface area contributed by atoms with Crippen LogP contribution < -0.4 is 10.2 Å². The molecule has 0 atom stereocenters. The number of morpholine rings is 1. The molecular formula is C23H19N5O5. The van der Waals surface area contributed by atoms with E-state index in [-0.39, 0.29) is 11.3 Å². The third-order valence-corrected chi connectivity index (χ3v) is 5.34. The van der Waals surface area contributed by atoms with Crippen LogP contribution in [0.5, 0.6) is 0 Å². The highest BCUT2D eigenvalue weighted by atomic mass is 16.6. The summed E-state index contributed by atoms with van der Waals surface area (Å²) in [7, 11) is 0. The van der Waals surface area contributed by atoms with Crippen molar-refractivity contribution in [3.8, 4) is 11.5 Å². The van der Waals surface area contributed by atoms with E-state index < -0.39 is 10.8 Å². The second kappa shape index (κ2) is 8.67. The molecule has 1 aliphatic heterocycles. The Labute approximate surface area is 188 Å². The normalized spacial score (nSPS) is 13.8. The minimum absolute atomic E-state index is 0.148. The molecule has 10 heteroatoms. The highest BCUT2D eigenvalue weighted by molar-refractivity contribution is 6.09. The van der Waals surface area contributed by atoms with E-state index in [1.165, 1.54) is 12.1 Å². The summed E-state index contributed by atoms with van der Waals surface area (Å²) >= 11 is 0. The van der Waals surface area contributed by atoms with Crippen molar-refractivity contribution in [3.63, 3.8) is 0 Å². The minimum atomic E-state index is -0.513. The Bertz CT molecular complexity index is 1330. The lowest BCUT2D eigenvalue weighted by Gasteiger charge is -2.30. The number of carbonyl (C=O) groups excluding carboxylic acids is 1. The molecule has 33 heavy (non-hydrogen) atoms. The molecule has 1 N–H and O–H groups in total. The smallest absolute Gasteiger partial charge is 0.270 e. The quantitative estimate of drug-likeness (QED) is 0.362. The van der Waals surface area contributed by atoms with Crippen LogP contribution in [0.15, 0.2) is 65.3 Å². The third kappa shape index (κ3) is 4.23. The van der Waals surface area contributed by atoms with Gasteiger partial charge in [0.15, 0.2) is 5.58 Å². The van der Waals surface area contributed by atoms with E-state index in [0.717, 1.165) is 5.56 Å². The first kappa shape index (κ1) is 20.6. The lowest BCUT2D eigenvalue weighted by Crippen LogP contribution is -2.37. The monoisotopic (exact) mass is 445 g/mol. The summed E-state index contributed by atoms with van der Waals surface area (Å²) in [6.07, 6.45) is 3.32. The van der Waals surface area contributed by atoms with Gasteiger partial charge in [0.2, 0.25) is 5.89 Å². The molecule has 0 spiro atoms. The van der Waals surface area contributed by atoms with Gasteiger partial charge in [0, 0.05) is 43.3 Å². The molecule has 0 aliphatic carbocycles. The van der Waals surface area contributed by atoms with Gasteiger partial charge in [-0.1, -0.05) is 0 Å². The number of pyridine rings is 1. The zero-order chi connectivity index (χ0) is 22.8. The van der Waals surface area contributed by atoms with Crippen molar-refractivity contribution in [1.82, 2.24) is 9.97 Å². The molecule has 4 aromatic rings. The van der Waals surface area contributed by atoms with E-state index in [0.29, 0.717) is 54.7 Å². The molecule has 0 saturated carbocycles. The fraction of sp³-hybridized carbons (Fsp3) is 0.174. The van der Waals surface area contributed by atoms with Crippen LogP contribution in [0, 0.1) is 10.1 Å². The topological polar surface area (TPSA) is 124 Å². The fourth-order valence-corrected chi connectivity index (χ4v) is 3.72. The van der Waals surface area contributed by atoms with Gasteiger partial charge in [-0.25, -0.2) is 4.98 Å². The molecule has 0 bridgehead atoms. The number of nitrogens with zero attached hydrogens (tertiary/aromatic N) is 4. The van der Waals surface area contributed by atoms with Crippen LogP contribution in [0.1, 0.15) is 10.4 Å². The summed E-state index contributed by atoms with van der Waals surface area (Å²) in [6.45, 7) is 2.25. The molecule has 1 amide bonds. The summed E-state index contributed by atoms with van der Waals surface area (Å²) in [4.78, 5) is 34.5. The SMILES string of the molecule is O=C(Nc1ccc2oc(-c3cccnc3)nc2c1)c1cc([N+](=O)[O-])ccc1N1CCOCC1. The number of nitrogens with one attached hydrogen (secondary N) is 1. The number of anilines is 2. The molecule has 5 rings (SSSR count). The number of fused-ring (bicyclic) bond motifs is 1. The predicted molar refractivity (Wildman–Crippen MR) is 121 cm³/mol. The van der Waals surface area contributed by atoms with E-state index in [2.05, 4.69) is 15.3 Å². The zero-order valence-corrected chi connectivity index (χ0v) is 17.4. The highest BCUT2D eigenvalue weighted by Gasteiger charge is 2.22. The Balaban J connectivity index is 1.45. The number of non-ortho nitro benzene ring substituents is 1. The Morgan fingerprint density at radius 3 is 2.73 bits per heavy atom. The van der Waals surface area contributed by atoms with E-state index in [1.807, 2.05) is 11.0 Å². The number of rotatable bonds is 5. The number of hydrogen-bond acceptors (Lipinski definition) is 8. The van der Waals surface area contributed by atoms with E-state index in [4.69, 9.17) is 9.15 Å². The van der Waals surface area contributed by atoms with Gasteiger partial charge in [0.1, 0.15) is 5.52 Å². The third-order valence-electron chi connectivity index (χ3n) is 5.34. The van der Waals surface area contributed by atoms with Crippen molar-refractivity contribution in [1.29, 1.82) is 0 Å². The largest absolute Gasteiger partial charge is 0.436 e. The van der Waals surface area contributed by atoms with Gasteiger partial charge in [-0.05, 0) is 36.4 Å². The summed E-state index contributed by atoms with van der Waals surface area (Å²) in [5.41, 5.74) is 3.08. The summed E-state index contributed by atoms with van der Waals surface area (Å²) in [5.74, 6) is -0.0228. The maximum Gasteiger partial charge on any atom is 0.270 e. The molecule has 1 saturated heterocycles. The molecule has 10 nitrogen and oxygen atoms in total. The Hall–Kier alpha value is -4.31. The Morgan fingerprint density at radius 1 is 1.12 bits per heavy atom. The van der Waals surface area contributed by atoms with Crippen LogP contribution in [-0.4, -0.2) is 47.1 Å². The maximum absolute atomic E-state index is 13.2. The first-order valence-electron chi connectivity index (χ1n) is 10.3. The van der Waals surface area contributed by atoms with Crippen molar-refractivity contribution in [2.24, 2.45) is 0 Å². The van der Waals surface area contributed by atoms with Crippen molar-refractivity contribution in [2.45, 2.75) is 0 Å². The van der Waals surface area contributed by atoms with Crippen molar-refractivity contribution in [2.75, 3.05) is 36.5 Å². The molecule has 3 heterocycles. The number of aromatic nitrogens is 2. The van der Waals surface area contributed by atoms with E-state index in [9.17, 15) is 14.9 Å². The van der Waals surface area contributed by atoms with Crippen LogP contribution >= 0.6 is 0 Å². The van der Waals surface area contributed by atoms with Crippen LogP contribution in [-0.2, 0) is 4.74 Å². The first-order chi connectivity index (χ1) is 16.1. The molecule has 1 aliphatic rings. The molecule has 1 fully saturated rings. The first-order valence-corrected chi connectivity index (χ1v) is 10.3. The van der Waals surface area contributed by atoms with Crippen LogP contribution in [0.4, 0.5) is 17.1 Å². The lowest BCUT2D eigenvalue weighted by molar-refractivity contribution is -0.384. The number of oxazole rings is 1. The molecule has 2 aromatic heterocycles. The average Bonchev–Trinajstić information content (AvgIpc) is 3.28.